The minimum absolute atomic E-state index is 0.0353. The van der Waals surface area contributed by atoms with Gasteiger partial charge in [-0.15, -0.1) is 0 Å². The molecule has 4 aliphatic heterocycles. The van der Waals surface area contributed by atoms with E-state index in [1.54, 1.807) is 4.90 Å². The molecule has 0 radical (unpaired) electrons. The van der Waals surface area contributed by atoms with E-state index in [0.717, 1.165) is 30.8 Å². The van der Waals surface area contributed by atoms with Crippen molar-refractivity contribution in [1.29, 1.82) is 0 Å². The molecule has 1 aromatic rings. The van der Waals surface area contributed by atoms with E-state index >= 15 is 0 Å². The van der Waals surface area contributed by atoms with Gasteiger partial charge in [-0.3, -0.25) is 9.59 Å². The molecule has 0 saturated carbocycles. The smallest absolute Gasteiger partial charge is 0.230 e. The number of hydrogen-bond donors (Lipinski definition) is 1. The van der Waals surface area contributed by atoms with Crippen LogP contribution in [0, 0.1) is 11.8 Å². The molecule has 0 aromatic heterocycles. The van der Waals surface area contributed by atoms with Gasteiger partial charge in [0.1, 0.15) is 11.4 Å². The lowest BCUT2D eigenvalue weighted by atomic mass is 9.76. The molecular formula is C22H26N2O4. The third kappa shape index (κ3) is 2.50. The average Bonchev–Trinajstić information content (AvgIpc) is 3.35. The van der Waals surface area contributed by atoms with Crippen molar-refractivity contribution in [1.82, 2.24) is 10.2 Å². The van der Waals surface area contributed by atoms with E-state index in [1.165, 1.54) is 5.56 Å². The molecule has 2 amide bonds. The maximum absolute atomic E-state index is 13.2. The Balaban J connectivity index is 1.34. The van der Waals surface area contributed by atoms with Crippen LogP contribution in [-0.2, 0) is 20.7 Å². The first kappa shape index (κ1) is 17.7. The monoisotopic (exact) mass is 382 g/mol. The van der Waals surface area contributed by atoms with Gasteiger partial charge in [-0.25, -0.2) is 0 Å². The number of ether oxygens (including phenoxy) is 2. The highest BCUT2D eigenvalue weighted by Crippen LogP contribution is 2.51. The number of likely N-dealkylation sites (tertiary alicyclic amines) is 1. The molecule has 1 spiro atoms. The molecule has 1 N–H and O–H groups in total. The molecule has 5 rings (SSSR count). The molecule has 148 valence electrons. The minimum atomic E-state index is -0.619. The quantitative estimate of drug-likeness (QED) is 0.809. The Bertz CT molecular complexity index is 866. The van der Waals surface area contributed by atoms with E-state index in [0.29, 0.717) is 13.1 Å². The van der Waals surface area contributed by atoms with E-state index in [4.69, 9.17) is 9.47 Å². The van der Waals surface area contributed by atoms with Crippen LogP contribution >= 0.6 is 0 Å². The molecule has 2 fully saturated rings. The number of carbonyl (C=O) groups excluding carboxylic acids is 2. The summed E-state index contributed by atoms with van der Waals surface area (Å²) in [6.07, 6.45) is 5.65. The lowest BCUT2D eigenvalue weighted by Gasteiger charge is -2.26. The molecule has 4 heterocycles. The summed E-state index contributed by atoms with van der Waals surface area (Å²) in [6.45, 7) is 5.90. The van der Waals surface area contributed by atoms with Crippen LogP contribution in [-0.4, -0.2) is 48.1 Å². The van der Waals surface area contributed by atoms with Gasteiger partial charge in [0.25, 0.3) is 0 Å². The fraction of sp³-hybridized carbons (Fsp3) is 0.545. The van der Waals surface area contributed by atoms with Crippen molar-refractivity contribution in [2.24, 2.45) is 11.8 Å². The highest BCUT2D eigenvalue weighted by atomic mass is 16.5. The van der Waals surface area contributed by atoms with Crippen molar-refractivity contribution in [3.8, 4) is 5.75 Å². The maximum atomic E-state index is 13.2. The second-order valence-corrected chi connectivity index (χ2v) is 8.30. The molecule has 5 atom stereocenters. The summed E-state index contributed by atoms with van der Waals surface area (Å²) < 4.78 is 11.8. The topological polar surface area (TPSA) is 67.9 Å². The largest absolute Gasteiger partial charge is 0.493 e. The van der Waals surface area contributed by atoms with Crippen LogP contribution in [0.1, 0.15) is 37.4 Å². The van der Waals surface area contributed by atoms with Gasteiger partial charge in [0, 0.05) is 6.54 Å². The number of nitrogens with zero attached hydrogens (tertiary/aromatic N) is 1. The highest BCUT2D eigenvalue weighted by molar-refractivity contribution is 5.93. The number of carbonyl (C=O) groups is 2. The third-order valence-corrected chi connectivity index (χ3v) is 6.65. The number of hydrogen-bond acceptors (Lipinski definition) is 4. The zero-order valence-electron chi connectivity index (χ0n) is 16.3. The number of nitrogens with one attached hydrogen (secondary N) is 1. The van der Waals surface area contributed by atoms with Gasteiger partial charge in [0.15, 0.2) is 0 Å². The van der Waals surface area contributed by atoms with E-state index in [2.05, 4.69) is 11.4 Å². The second kappa shape index (κ2) is 6.34. The molecule has 1 aromatic carbocycles. The Labute approximate surface area is 164 Å². The van der Waals surface area contributed by atoms with Gasteiger partial charge in [-0.05, 0) is 43.9 Å². The Kier molecular flexibility index (Phi) is 4.02. The molecule has 6 nitrogen and oxygen atoms in total. The van der Waals surface area contributed by atoms with Crippen LogP contribution in [0.3, 0.4) is 0 Å². The number of amides is 2. The van der Waals surface area contributed by atoms with Crippen molar-refractivity contribution in [3.05, 3.63) is 41.5 Å². The van der Waals surface area contributed by atoms with E-state index in [1.807, 2.05) is 38.1 Å². The number of rotatable bonds is 4. The van der Waals surface area contributed by atoms with E-state index in [9.17, 15) is 9.59 Å². The minimum Gasteiger partial charge on any atom is -0.493 e. The summed E-state index contributed by atoms with van der Waals surface area (Å²) in [5, 5.41) is 3.13. The Hall–Kier alpha value is -2.34. The second-order valence-electron chi connectivity index (χ2n) is 8.30. The van der Waals surface area contributed by atoms with E-state index < -0.39 is 17.4 Å². The van der Waals surface area contributed by atoms with Crippen molar-refractivity contribution in [2.45, 2.75) is 44.4 Å². The molecule has 5 unspecified atom stereocenters. The molecule has 2 saturated heterocycles. The zero-order valence-corrected chi connectivity index (χ0v) is 16.3. The fourth-order valence-electron chi connectivity index (χ4n) is 5.19. The Morgan fingerprint density at radius 2 is 2.29 bits per heavy atom. The first-order valence-electron chi connectivity index (χ1n) is 10.2. The fourth-order valence-corrected chi connectivity index (χ4v) is 5.19. The van der Waals surface area contributed by atoms with Gasteiger partial charge >= 0.3 is 0 Å². The predicted molar refractivity (Wildman–Crippen MR) is 103 cm³/mol. The Morgan fingerprint density at radius 3 is 3.11 bits per heavy atom. The summed E-state index contributed by atoms with van der Waals surface area (Å²) in [6, 6.07) is 5.98. The maximum Gasteiger partial charge on any atom is 0.230 e. The lowest BCUT2D eigenvalue weighted by Crippen LogP contribution is -2.44. The van der Waals surface area contributed by atoms with Gasteiger partial charge in [-0.1, -0.05) is 24.3 Å². The van der Waals surface area contributed by atoms with Crippen LogP contribution in [0.2, 0.25) is 0 Å². The van der Waals surface area contributed by atoms with Crippen molar-refractivity contribution >= 4 is 11.8 Å². The predicted octanol–water partition coefficient (Wildman–Crippen LogP) is 1.99. The van der Waals surface area contributed by atoms with Gasteiger partial charge in [-0.2, -0.15) is 0 Å². The van der Waals surface area contributed by atoms with Crippen LogP contribution in [0.4, 0.5) is 0 Å². The van der Waals surface area contributed by atoms with Gasteiger partial charge in [0.05, 0.1) is 37.1 Å². The van der Waals surface area contributed by atoms with Crippen molar-refractivity contribution < 1.29 is 19.1 Å². The van der Waals surface area contributed by atoms with Gasteiger partial charge in [0.2, 0.25) is 11.8 Å². The summed E-state index contributed by atoms with van der Waals surface area (Å²) in [5.41, 5.74) is 1.63. The van der Waals surface area contributed by atoms with Crippen LogP contribution in [0.15, 0.2) is 30.4 Å². The first-order chi connectivity index (χ1) is 13.5. The summed E-state index contributed by atoms with van der Waals surface area (Å²) in [4.78, 5) is 27.8. The molecule has 6 heteroatoms. The number of likely N-dealkylation sites (N-methyl/N-ethyl adjacent to an activating group) is 1. The lowest BCUT2D eigenvalue weighted by molar-refractivity contribution is -0.137. The standard InChI is InChI=1S/C22H26N2O4/c1-3-24-12-22-9-8-17(28-22)18(19(22)21(24)26)20(25)23-13(2)14-6-7-16-15(11-14)5-4-10-27-16/h6-9,11,13,17-19H,3-5,10,12H2,1-2H3,(H,23,25). The van der Waals surface area contributed by atoms with E-state index in [-0.39, 0.29) is 24.0 Å². The molecule has 4 aliphatic rings. The summed E-state index contributed by atoms with van der Waals surface area (Å²) in [7, 11) is 0. The van der Waals surface area contributed by atoms with Crippen LogP contribution in [0.25, 0.3) is 0 Å². The highest BCUT2D eigenvalue weighted by Gasteiger charge is 2.66. The molecule has 2 bridgehead atoms. The third-order valence-electron chi connectivity index (χ3n) is 6.65. The molecule has 28 heavy (non-hydrogen) atoms. The van der Waals surface area contributed by atoms with Crippen molar-refractivity contribution in [2.75, 3.05) is 19.7 Å². The SMILES string of the molecule is CCN1CC23C=CC(O2)C(C(=O)NC(C)c2ccc4c(c2)CCCO4)C3C1=O. The molecular weight excluding hydrogens is 356 g/mol. The Morgan fingerprint density at radius 1 is 1.43 bits per heavy atom. The first-order valence-corrected chi connectivity index (χ1v) is 10.2. The van der Waals surface area contributed by atoms with Crippen LogP contribution in [0.5, 0.6) is 5.75 Å². The van der Waals surface area contributed by atoms with Crippen LogP contribution < -0.4 is 10.1 Å². The summed E-state index contributed by atoms with van der Waals surface area (Å²) >= 11 is 0. The summed E-state index contributed by atoms with van der Waals surface area (Å²) in [5.74, 6) is 0.00411. The number of aryl methyl sites for hydroxylation is 1. The average molecular weight is 382 g/mol. The number of fused-ring (bicyclic) bond motifs is 2. The normalized spacial score (nSPS) is 33.4. The zero-order chi connectivity index (χ0) is 19.5. The van der Waals surface area contributed by atoms with Crippen molar-refractivity contribution in [3.63, 3.8) is 0 Å². The molecule has 0 aliphatic carbocycles. The van der Waals surface area contributed by atoms with Gasteiger partial charge < -0.3 is 19.7 Å². The number of benzene rings is 1.